The van der Waals surface area contributed by atoms with Gasteiger partial charge in [0, 0.05) is 10.0 Å². The first kappa shape index (κ1) is 22.3. The van der Waals surface area contributed by atoms with Gasteiger partial charge in [-0.1, -0.05) is 36.2 Å². The van der Waals surface area contributed by atoms with Crippen LogP contribution in [0.1, 0.15) is 13.3 Å². The van der Waals surface area contributed by atoms with E-state index in [9.17, 15) is 13.2 Å². The number of sulfonamides is 1. The largest absolute Gasteiger partial charge is 0.492 e. The van der Waals surface area contributed by atoms with Crippen LogP contribution in [-0.4, -0.2) is 39.8 Å². The fourth-order valence-corrected chi connectivity index (χ4v) is 4.18. The van der Waals surface area contributed by atoms with Gasteiger partial charge in [0.2, 0.25) is 15.9 Å². The molecule has 0 aromatic heterocycles. The lowest BCUT2D eigenvalue weighted by atomic mass is 10.2. The number of halogens is 2. The average molecular weight is 445 g/mol. The van der Waals surface area contributed by atoms with Crippen LogP contribution in [-0.2, 0) is 14.8 Å². The number of carbonyl (C=O) groups excluding carboxylic acids is 1. The molecule has 0 spiro atoms. The molecule has 1 N–H and O–H groups in total. The molecule has 1 unspecified atom stereocenters. The van der Waals surface area contributed by atoms with Crippen LogP contribution in [0.3, 0.4) is 0 Å². The minimum Gasteiger partial charge on any atom is -0.492 e. The summed E-state index contributed by atoms with van der Waals surface area (Å²) >= 11 is 11.8. The number of amides is 1. The molecule has 0 aliphatic heterocycles. The third kappa shape index (κ3) is 6.29. The standard InChI is InChI=1S/C19H22Cl2N2O4S/c1-3-18(23(28(2,25)26)16-6-4-5-15(21)13-16)19(24)22-11-12-27-17-9-7-14(20)8-10-17/h4-10,13,18H,3,11-12H2,1-2H3,(H,22,24). The Bertz CT molecular complexity index is 904. The van der Waals surface area contributed by atoms with Gasteiger partial charge in [0.05, 0.1) is 18.5 Å². The lowest BCUT2D eigenvalue weighted by Gasteiger charge is -2.30. The van der Waals surface area contributed by atoms with Crippen molar-refractivity contribution in [2.45, 2.75) is 19.4 Å². The molecule has 9 heteroatoms. The van der Waals surface area contributed by atoms with E-state index in [4.69, 9.17) is 27.9 Å². The number of ether oxygens (including phenoxy) is 1. The van der Waals surface area contributed by atoms with Crippen LogP contribution in [0.2, 0.25) is 10.0 Å². The van der Waals surface area contributed by atoms with Crippen molar-refractivity contribution in [2.75, 3.05) is 23.7 Å². The third-order valence-corrected chi connectivity index (χ3v) is 5.54. The Kier molecular flexibility index (Phi) is 7.98. The minimum atomic E-state index is -3.70. The monoisotopic (exact) mass is 444 g/mol. The number of anilines is 1. The van der Waals surface area contributed by atoms with Crippen molar-refractivity contribution < 1.29 is 17.9 Å². The smallest absolute Gasteiger partial charge is 0.244 e. The summed E-state index contributed by atoms with van der Waals surface area (Å²) in [7, 11) is -3.70. The number of rotatable bonds is 9. The van der Waals surface area contributed by atoms with E-state index in [2.05, 4.69) is 5.32 Å². The Morgan fingerprint density at radius 1 is 1.14 bits per heavy atom. The number of benzene rings is 2. The molecule has 0 saturated carbocycles. The fraction of sp³-hybridized carbons (Fsp3) is 0.316. The molecule has 152 valence electrons. The van der Waals surface area contributed by atoms with Gasteiger partial charge in [-0.2, -0.15) is 0 Å². The molecule has 0 radical (unpaired) electrons. The van der Waals surface area contributed by atoms with E-state index in [1.54, 1.807) is 49.4 Å². The van der Waals surface area contributed by atoms with E-state index in [1.165, 1.54) is 6.07 Å². The predicted molar refractivity (Wildman–Crippen MR) is 113 cm³/mol. The molecular formula is C19H22Cl2N2O4S. The lowest BCUT2D eigenvalue weighted by Crippen LogP contribution is -2.50. The van der Waals surface area contributed by atoms with Crippen LogP contribution in [0.4, 0.5) is 5.69 Å². The van der Waals surface area contributed by atoms with E-state index >= 15 is 0 Å². The molecule has 0 heterocycles. The van der Waals surface area contributed by atoms with Crippen molar-refractivity contribution in [1.82, 2.24) is 5.32 Å². The highest BCUT2D eigenvalue weighted by molar-refractivity contribution is 7.92. The summed E-state index contributed by atoms with van der Waals surface area (Å²) in [6.07, 6.45) is 1.36. The Balaban J connectivity index is 2.04. The third-order valence-electron chi connectivity index (χ3n) is 3.88. The van der Waals surface area contributed by atoms with E-state index in [0.717, 1.165) is 10.6 Å². The lowest BCUT2D eigenvalue weighted by molar-refractivity contribution is -0.122. The Hall–Kier alpha value is -1.96. The second kappa shape index (κ2) is 10.0. The normalized spacial score (nSPS) is 12.3. The zero-order valence-corrected chi connectivity index (χ0v) is 17.9. The summed E-state index contributed by atoms with van der Waals surface area (Å²) in [6, 6.07) is 12.4. The summed E-state index contributed by atoms with van der Waals surface area (Å²) < 4.78 is 31.3. The predicted octanol–water partition coefficient (Wildman–Crippen LogP) is 3.73. The maximum Gasteiger partial charge on any atom is 0.244 e. The highest BCUT2D eigenvalue weighted by atomic mass is 35.5. The molecule has 28 heavy (non-hydrogen) atoms. The SMILES string of the molecule is CCC(C(=O)NCCOc1ccc(Cl)cc1)N(c1cccc(Cl)c1)S(C)(=O)=O. The Labute approximate surface area is 175 Å². The highest BCUT2D eigenvalue weighted by Gasteiger charge is 2.31. The molecule has 2 aromatic carbocycles. The fourth-order valence-electron chi connectivity index (χ4n) is 2.67. The van der Waals surface area contributed by atoms with E-state index in [1.807, 2.05) is 0 Å². The first-order valence-corrected chi connectivity index (χ1v) is 11.2. The number of nitrogens with one attached hydrogen (secondary N) is 1. The van der Waals surface area contributed by atoms with Gasteiger partial charge in [-0.05, 0) is 48.9 Å². The van der Waals surface area contributed by atoms with Gasteiger partial charge in [-0.3, -0.25) is 9.10 Å². The summed E-state index contributed by atoms with van der Waals surface area (Å²) in [5.74, 6) is 0.218. The molecule has 0 aliphatic rings. The van der Waals surface area contributed by atoms with Crippen LogP contribution >= 0.6 is 23.2 Å². The van der Waals surface area contributed by atoms with Crippen LogP contribution in [0.25, 0.3) is 0 Å². The quantitative estimate of drug-likeness (QED) is 0.597. The maximum absolute atomic E-state index is 12.7. The van der Waals surface area contributed by atoms with Gasteiger partial charge in [0.1, 0.15) is 18.4 Å². The zero-order valence-electron chi connectivity index (χ0n) is 15.6. The Morgan fingerprint density at radius 3 is 2.39 bits per heavy atom. The molecule has 1 amide bonds. The minimum absolute atomic E-state index is 0.227. The molecule has 2 aromatic rings. The van der Waals surface area contributed by atoms with Crippen LogP contribution < -0.4 is 14.4 Å². The maximum atomic E-state index is 12.7. The summed E-state index contributed by atoms with van der Waals surface area (Å²) in [6.45, 7) is 2.21. The van der Waals surface area contributed by atoms with Crippen molar-refractivity contribution >= 4 is 44.8 Å². The van der Waals surface area contributed by atoms with Crippen LogP contribution in [0, 0.1) is 0 Å². The van der Waals surface area contributed by atoms with E-state index < -0.39 is 22.0 Å². The highest BCUT2D eigenvalue weighted by Crippen LogP contribution is 2.25. The molecule has 0 bridgehead atoms. The average Bonchev–Trinajstić information content (AvgIpc) is 2.63. The van der Waals surface area contributed by atoms with Gasteiger partial charge < -0.3 is 10.1 Å². The molecule has 0 aliphatic carbocycles. The Morgan fingerprint density at radius 2 is 1.82 bits per heavy atom. The summed E-state index contributed by atoms with van der Waals surface area (Å²) in [5.41, 5.74) is 0.342. The first-order chi connectivity index (χ1) is 13.2. The molecule has 2 rings (SSSR count). The van der Waals surface area contributed by atoms with Crippen molar-refractivity contribution in [2.24, 2.45) is 0 Å². The number of carbonyl (C=O) groups is 1. The topological polar surface area (TPSA) is 75.7 Å². The molecular weight excluding hydrogens is 423 g/mol. The van der Waals surface area contributed by atoms with Gasteiger partial charge in [-0.25, -0.2) is 8.42 Å². The molecule has 0 saturated heterocycles. The number of nitrogens with zero attached hydrogens (tertiary/aromatic N) is 1. The van der Waals surface area contributed by atoms with Crippen LogP contribution in [0.5, 0.6) is 5.75 Å². The second-order valence-corrected chi connectivity index (χ2v) is 8.79. The summed E-state index contributed by atoms with van der Waals surface area (Å²) in [4.78, 5) is 12.7. The van der Waals surface area contributed by atoms with Gasteiger partial charge in [-0.15, -0.1) is 0 Å². The van der Waals surface area contributed by atoms with Crippen molar-refractivity contribution in [3.8, 4) is 5.75 Å². The van der Waals surface area contributed by atoms with Gasteiger partial charge >= 0.3 is 0 Å². The summed E-state index contributed by atoms with van der Waals surface area (Å²) in [5, 5.41) is 3.71. The van der Waals surface area contributed by atoms with Crippen molar-refractivity contribution in [1.29, 1.82) is 0 Å². The van der Waals surface area contributed by atoms with Crippen molar-refractivity contribution in [3.05, 3.63) is 58.6 Å². The number of hydrogen-bond acceptors (Lipinski definition) is 4. The van der Waals surface area contributed by atoms with E-state index in [-0.39, 0.29) is 13.2 Å². The molecule has 6 nitrogen and oxygen atoms in total. The van der Waals surface area contributed by atoms with E-state index in [0.29, 0.717) is 27.9 Å². The number of hydrogen-bond donors (Lipinski definition) is 1. The van der Waals surface area contributed by atoms with Crippen molar-refractivity contribution in [3.63, 3.8) is 0 Å². The van der Waals surface area contributed by atoms with Gasteiger partial charge in [0.15, 0.2) is 0 Å². The molecule has 0 fully saturated rings. The van der Waals surface area contributed by atoms with Crippen LogP contribution in [0.15, 0.2) is 48.5 Å². The molecule has 1 atom stereocenters. The first-order valence-electron chi connectivity index (χ1n) is 8.63. The zero-order chi connectivity index (χ0) is 20.7. The second-order valence-electron chi connectivity index (χ2n) is 6.06. The van der Waals surface area contributed by atoms with Gasteiger partial charge in [0.25, 0.3) is 0 Å².